The van der Waals surface area contributed by atoms with Crippen molar-refractivity contribution < 1.29 is 0 Å². The van der Waals surface area contributed by atoms with Gasteiger partial charge in [-0.15, -0.1) is 0 Å². The number of hydrogen-bond acceptors (Lipinski definition) is 1. The lowest BCUT2D eigenvalue weighted by molar-refractivity contribution is 0.345. The van der Waals surface area contributed by atoms with Crippen LogP contribution in [0.4, 0.5) is 0 Å². The minimum atomic E-state index is -0.153. The highest BCUT2D eigenvalue weighted by atomic mass is 14.3. The zero-order valence-electron chi connectivity index (χ0n) is 11.0. The first-order valence-corrected chi connectivity index (χ1v) is 5.69. The van der Waals surface area contributed by atoms with Gasteiger partial charge in [0.2, 0.25) is 0 Å². The summed E-state index contributed by atoms with van der Waals surface area (Å²) in [6.45, 7) is 14.8. The van der Waals surface area contributed by atoms with Gasteiger partial charge in [0, 0.05) is 0 Å². The molecule has 0 unspecified atom stereocenters. The van der Waals surface area contributed by atoms with Crippen LogP contribution < -0.4 is 0 Å². The fraction of sp³-hybridized carbons (Fsp3) is 0.929. The van der Waals surface area contributed by atoms with Gasteiger partial charge in [0.25, 0.3) is 0 Å². The highest BCUT2D eigenvalue weighted by molar-refractivity contribution is 4.93. The third-order valence-electron chi connectivity index (χ3n) is 2.60. The van der Waals surface area contributed by atoms with Gasteiger partial charge >= 0.3 is 0 Å². The summed E-state index contributed by atoms with van der Waals surface area (Å²) >= 11 is 0. The van der Waals surface area contributed by atoms with Crippen LogP contribution in [-0.2, 0) is 0 Å². The van der Waals surface area contributed by atoms with Crippen molar-refractivity contribution in [2.45, 2.75) is 68.7 Å². The summed E-state index contributed by atoms with van der Waals surface area (Å²) in [6.07, 6.45) is 2.71. The predicted octanol–water partition coefficient (Wildman–Crippen LogP) is 5.27. The van der Waals surface area contributed by atoms with E-state index in [4.69, 9.17) is 5.26 Å². The Bertz CT molecular complexity index is 161. The molecule has 0 rings (SSSR count). The van der Waals surface area contributed by atoms with E-state index in [1.165, 1.54) is 12.8 Å². The van der Waals surface area contributed by atoms with E-state index < -0.39 is 0 Å². The molecule has 0 aromatic heterocycles. The zero-order chi connectivity index (χ0) is 11.8. The van der Waals surface area contributed by atoms with E-state index in [2.05, 4.69) is 40.7 Å². The van der Waals surface area contributed by atoms with Gasteiger partial charge in [0.15, 0.2) is 0 Å². The number of hydrogen-bond donors (Lipinski definition) is 0. The van der Waals surface area contributed by atoms with Gasteiger partial charge in [0.05, 0.1) is 11.5 Å². The fourth-order valence-corrected chi connectivity index (χ4v) is 0.706. The average Bonchev–Trinajstić information content (AvgIpc) is 2.05. The molecule has 0 aromatic rings. The zero-order valence-corrected chi connectivity index (χ0v) is 11.0. The first kappa shape index (κ1) is 20.0. The molecular weight excluding hydrogens is 182 g/mol. The van der Waals surface area contributed by atoms with Gasteiger partial charge in [-0.2, -0.15) is 5.26 Å². The maximum absolute atomic E-state index is 8.51. The van der Waals surface area contributed by atoms with Crippen molar-refractivity contribution in [2.75, 3.05) is 0 Å². The molecule has 0 heterocycles. The van der Waals surface area contributed by atoms with Gasteiger partial charge in [0.1, 0.15) is 0 Å². The second-order valence-corrected chi connectivity index (χ2v) is 5.17. The Hall–Kier alpha value is -0.510. The Labute approximate surface area is 97.9 Å². The monoisotopic (exact) mass is 213 g/mol. The van der Waals surface area contributed by atoms with Crippen molar-refractivity contribution in [3.8, 4) is 6.07 Å². The first-order valence-electron chi connectivity index (χ1n) is 5.69. The maximum Gasteiger partial charge on any atom is 0.0686 e. The van der Waals surface area contributed by atoms with Crippen LogP contribution in [-0.4, -0.2) is 0 Å². The van der Waals surface area contributed by atoms with E-state index >= 15 is 0 Å². The van der Waals surface area contributed by atoms with Crippen LogP contribution in [0.15, 0.2) is 0 Å². The molecule has 0 atom stereocenters. The molecule has 0 aromatic carbocycles. The highest BCUT2D eigenvalue weighted by Gasteiger charge is 2.20. The molecule has 92 valence electrons. The largest absolute Gasteiger partial charge is 0.198 e. The van der Waals surface area contributed by atoms with Gasteiger partial charge < -0.3 is 0 Å². The van der Waals surface area contributed by atoms with Crippen LogP contribution in [0.2, 0.25) is 0 Å². The average molecular weight is 213 g/mol. The van der Waals surface area contributed by atoms with Gasteiger partial charge in [-0.3, -0.25) is 0 Å². The van der Waals surface area contributed by atoms with Crippen LogP contribution in [0.25, 0.3) is 0 Å². The van der Waals surface area contributed by atoms with E-state index in [-0.39, 0.29) is 12.8 Å². The van der Waals surface area contributed by atoms with Gasteiger partial charge in [-0.1, -0.05) is 54.9 Å². The van der Waals surface area contributed by atoms with E-state index in [1.54, 1.807) is 0 Å². The second kappa shape index (κ2) is 10.0. The number of nitrogens with zero attached hydrogens (tertiary/aromatic N) is 1. The lowest BCUT2D eigenvalue weighted by Gasteiger charge is -2.18. The number of rotatable bonds is 3. The topological polar surface area (TPSA) is 23.8 Å². The van der Waals surface area contributed by atoms with Crippen LogP contribution in [0, 0.1) is 28.6 Å². The Kier molecular flexibility index (Phi) is 13.3. The fourth-order valence-electron chi connectivity index (χ4n) is 0.706. The van der Waals surface area contributed by atoms with Crippen LogP contribution >= 0.6 is 0 Å². The molecule has 15 heavy (non-hydrogen) atoms. The summed E-state index contributed by atoms with van der Waals surface area (Å²) < 4.78 is 0. The summed E-state index contributed by atoms with van der Waals surface area (Å²) in [7, 11) is 0. The first-order chi connectivity index (χ1) is 6.27. The van der Waals surface area contributed by atoms with Crippen LogP contribution in [0.5, 0.6) is 0 Å². The van der Waals surface area contributed by atoms with Crippen molar-refractivity contribution in [3.05, 3.63) is 0 Å². The minimum Gasteiger partial charge on any atom is -0.198 e. The van der Waals surface area contributed by atoms with Crippen LogP contribution in [0.1, 0.15) is 68.7 Å². The van der Waals surface area contributed by atoms with E-state index in [9.17, 15) is 0 Å². The third kappa shape index (κ3) is 13.5. The molecule has 0 aliphatic carbocycles. The second-order valence-electron chi connectivity index (χ2n) is 5.17. The smallest absolute Gasteiger partial charge is 0.0686 e. The molecule has 1 nitrogen and oxygen atoms in total. The van der Waals surface area contributed by atoms with E-state index in [0.29, 0.717) is 5.92 Å². The van der Waals surface area contributed by atoms with E-state index in [1.807, 2.05) is 13.8 Å². The molecular formula is C14H31N. The molecule has 1 heteroatoms. The normalized spacial score (nSPS) is 10.1. The third-order valence-corrected chi connectivity index (χ3v) is 2.60. The molecule has 0 N–H and O–H groups in total. The summed E-state index contributed by atoms with van der Waals surface area (Å²) in [5, 5.41) is 8.51. The highest BCUT2D eigenvalue weighted by Crippen LogP contribution is 2.23. The molecule has 0 radical (unpaired) electrons. The van der Waals surface area contributed by atoms with Crippen molar-refractivity contribution in [1.82, 2.24) is 0 Å². The quantitative estimate of drug-likeness (QED) is 0.626. The molecule has 0 aliphatic rings. The SMILES string of the molecule is C.CC(C)C(C)(C)C#N.CCCC(C)C. The predicted molar refractivity (Wildman–Crippen MR) is 70.7 cm³/mol. The molecule has 0 bridgehead atoms. The Morgan fingerprint density at radius 3 is 1.53 bits per heavy atom. The summed E-state index contributed by atoms with van der Waals surface area (Å²) in [5.74, 6) is 1.35. The van der Waals surface area contributed by atoms with Gasteiger partial charge in [-0.25, -0.2) is 0 Å². The molecule has 0 amide bonds. The van der Waals surface area contributed by atoms with Crippen LogP contribution in [0.3, 0.4) is 0 Å². The molecule has 0 aliphatic heterocycles. The number of nitriles is 1. The van der Waals surface area contributed by atoms with E-state index in [0.717, 1.165) is 5.92 Å². The lowest BCUT2D eigenvalue weighted by atomic mass is 9.83. The molecule has 0 spiro atoms. The summed E-state index contributed by atoms with van der Waals surface area (Å²) in [4.78, 5) is 0. The minimum absolute atomic E-state index is 0. The molecule has 0 saturated carbocycles. The Morgan fingerprint density at radius 1 is 1.13 bits per heavy atom. The van der Waals surface area contributed by atoms with Gasteiger partial charge in [-0.05, 0) is 25.7 Å². The van der Waals surface area contributed by atoms with Crippen molar-refractivity contribution >= 4 is 0 Å². The Morgan fingerprint density at radius 2 is 1.53 bits per heavy atom. The summed E-state index contributed by atoms with van der Waals surface area (Å²) in [5.41, 5.74) is -0.153. The summed E-state index contributed by atoms with van der Waals surface area (Å²) in [6, 6.07) is 2.24. The Balaban J connectivity index is -0.000000187. The lowest BCUT2D eigenvalue weighted by Crippen LogP contribution is -2.15. The molecule has 0 saturated heterocycles. The van der Waals surface area contributed by atoms with Crippen molar-refractivity contribution in [3.63, 3.8) is 0 Å². The molecule has 0 fully saturated rings. The standard InChI is InChI=1S/C7H13N.C6H14.CH4/c1-6(2)7(3,4)5-8;1-4-5-6(2)3;/h6H,1-4H3;6H,4-5H2,1-3H3;1H4. The van der Waals surface area contributed by atoms with Crippen molar-refractivity contribution in [2.24, 2.45) is 17.3 Å². The maximum atomic E-state index is 8.51. The van der Waals surface area contributed by atoms with Crippen molar-refractivity contribution in [1.29, 1.82) is 5.26 Å².